The number of unbranched alkanes of at least 4 members (excludes halogenated alkanes) is 2. The van der Waals surface area contributed by atoms with Gasteiger partial charge in [-0.25, -0.2) is 0 Å². The summed E-state index contributed by atoms with van der Waals surface area (Å²) in [7, 11) is 0. The first kappa shape index (κ1) is 16.4. The Kier molecular flexibility index (Phi) is 11.4. The summed E-state index contributed by atoms with van der Waals surface area (Å²) >= 11 is 0. The zero-order valence-corrected chi connectivity index (χ0v) is 11.1. The van der Waals surface area contributed by atoms with Crippen LogP contribution >= 0.6 is 0 Å². The molecule has 0 aliphatic rings. The first-order chi connectivity index (χ1) is 8.20. The van der Waals surface area contributed by atoms with Gasteiger partial charge in [-0.1, -0.05) is 19.8 Å². The smallest absolute Gasteiger partial charge is 0.304 e. The molecule has 0 aromatic heterocycles. The Morgan fingerprint density at radius 2 is 2.00 bits per heavy atom. The lowest BCUT2D eigenvalue weighted by molar-refractivity contribution is -0.161. The molecule has 5 nitrogen and oxygen atoms in total. The summed E-state index contributed by atoms with van der Waals surface area (Å²) in [4.78, 5) is 15.8. The van der Waals surface area contributed by atoms with Gasteiger partial charge in [0, 0.05) is 19.6 Å². The SMILES string of the molecule is CCCCCNCCN(CCC(=O)O)OCC. The molecule has 0 aromatic rings. The van der Waals surface area contributed by atoms with Crippen molar-refractivity contribution >= 4 is 5.97 Å². The fourth-order valence-corrected chi connectivity index (χ4v) is 1.47. The van der Waals surface area contributed by atoms with Gasteiger partial charge in [0.25, 0.3) is 0 Å². The van der Waals surface area contributed by atoms with E-state index in [0.717, 1.165) is 19.6 Å². The number of nitrogens with zero attached hydrogens (tertiary/aromatic N) is 1. The molecule has 0 aliphatic carbocycles. The number of hydroxylamine groups is 2. The number of hydrogen-bond acceptors (Lipinski definition) is 4. The van der Waals surface area contributed by atoms with Crippen LogP contribution in [0.25, 0.3) is 0 Å². The molecule has 0 radical (unpaired) electrons. The minimum absolute atomic E-state index is 0.121. The molecule has 0 amide bonds. The number of carboxylic acids is 1. The molecule has 0 bridgehead atoms. The lowest BCUT2D eigenvalue weighted by atomic mass is 10.2. The summed E-state index contributed by atoms with van der Waals surface area (Å²) in [6.07, 6.45) is 3.79. The van der Waals surface area contributed by atoms with E-state index >= 15 is 0 Å². The number of carbonyl (C=O) groups is 1. The van der Waals surface area contributed by atoms with Crippen LogP contribution in [0.2, 0.25) is 0 Å². The van der Waals surface area contributed by atoms with Crippen molar-refractivity contribution in [1.82, 2.24) is 10.4 Å². The zero-order valence-electron chi connectivity index (χ0n) is 11.1. The van der Waals surface area contributed by atoms with E-state index in [1.165, 1.54) is 19.3 Å². The fourth-order valence-electron chi connectivity index (χ4n) is 1.47. The molecule has 17 heavy (non-hydrogen) atoms. The van der Waals surface area contributed by atoms with Gasteiger partial charge in [-0.3, -0.25) is 9.63 Å². The summed E-state index contributed by atoms with van der Waals surface area (Å²) in [6.45, 7) is 7.70. The van der Waals surface area contributed by atoms with Gasteiger partial charge >= 0.3 is 5.97 Å². The maximum Gasteiger partial charge on any atom is 0.304 e. The lowest BCUT2D eigenvalue weighted by Crippen LogP contribution is -2.34. The van der Waals surface area contributed by atoms with E-state index in [-0.39, 0.29) is 6.42 Å². The number of carboxylic acid groups (broad SMARTS) is 1. The van der Waals surface area contributed by atoms with Crippen molar-refractivity contribution in [2.45, 2.75) is 39.5 Å². The van der Waals surface area contributed by atoms with Crippen molar-refractivity contribution in [3.63, 3.8) is 0 Å². The molecule has 2 N–H and O–H groups in total. The number of hydrogen-bond donors (Lipinski definition) is 2. The third-order valence-corrected chi connectivity index (χ3v) is 2.38. The van der Waals surface area contributed by atoms with Gasteiger partial charge in [0.15, 0.2) is 0 Å². The summed E-state index contributed by atoms with van der Waals surface area (Å²) < 4.78 is 0. The van der Waals surface area contributed by atoms with Gasteiger partial charge in [-0.05, 0) is 19.9 Å². The van der Waals surface area contributed by atoms with Crippen LogP contribution in [0, 0.1) is 0 Å². The molecule has 0 aromatic carbocycles. The van der Waals surface area contributed by atoms with Gasteiger partial charge in [0.05, 0.1) is 13.0 Å². The van der Waals surface area contributed by atoms with Gasteiger partial charge < -0.3 is 10.4 Å². The van der Waals surface area contributed by atoms with Crippen LogP contribution in [0.1, 0.15) is 39.5 Å². The Morgan fingerprint density at radius 1 is 1.24 bits per heavy atom. The summed E-state index contributed by atoms with van der Waals surface area (Å²) in [5.74, 6) is -0.786. The van der Waals surface area contributed by atoms with Crippen molar-refractivity contribution < 1.29 is 14.7 Å². The minimum Gasteiger partial charge on any atom is -0.481 e. The third-order valence-electron chi connectivity index (χ3n) is 2.38. The van der Waals surface area contributed by atoms with E-state index in [1.54, 1.807) is 5.06 Å². The standard InChI is InChI=1S/C12H26N2O3/c1-3-5-6-8-13-9-11-14(17-4-2)10-7-12(15)16/h13H,3-11H2,1-2H3,(H,15,16). The van der Waals surface area contributed by atoms with Gasteiger partial charge in [0.2, 0.25) is 0 Å². The second-order valence-electron chi connectivity index (χ2n) is 3.95. The molecule has 5 heteroatoms. The average Bonchev–Trinajstić information content (AvgIpc) is 2.30. The minimum atomic E-state index is -0.786. The maximum atomic E-state index is 10.5. The molecule has 0 saturated carbocycles. The highest BCUT2D eigenvalue weighted by Crippen LogP contribution is 1.94. The van der Waals surface area contributed by atoms with Crippen molar-refractivity contribution in [1.29, 1.82) is 0 Å². The normalized spacial score (nSPS) is 11.0. The van der Waals surface area contributed by atoms with Gasteiger partial charge in [0.1, 0.15) is 0 Å². The van der Waals surface area contributed by atoms with Gasteiger partial charge in [-0.15, -0.1) is 0 Å². The Morgan fingerprint density at radius 3 is 2.59 bits per heavy atom. The molecule has 0 atom stereocenters. The molecule has 0 rings (SSSR count). The first-order valence-corrected chi connectivity index (χ1v) is 6.51. The molecule has 0 heterocycles. The van der Waals surface area contributed by atoms with Crippen LogP contribution in [-0.4, -0.2) is 48.9 Å². The molecule has 0 spiro atoms. The highest BCUT2D eigenvalue weighted by atomic mass is 16.7. The van der Waals surface area contributed by atoms with E-state index < -0.39 is 5.97 Å². The summed E-state index contributed by atoms with van der Waals surface area (Å²) in [6, 6.07) is 0. The van der Waals surface area contributed by atoms with Crippen LogP contribution in [0.3, 0.4) is 0 Å². The van der Waals surface area contributed by atoms with Crippen molar-refractivity contribution in [3.05, 3.63) is 0 Å². The van der Waals surface area contributed by atoms with Crippen molar-refractivity contribution in [3.8, 4) is 0 Å². The molecule has 0 aliphatic heterocycles. The number of rotatable bonds is 12. The predicted octanol–water partition coefficient (Wildman–Crippen LogP) is 1.49. The Labute approximate surface area is 104 Å². The Bertz CT molecular complexity index is 189. The van der Waals surface area contributed by atoms with Crippen molar-refractivity contribution in [2.24, 2.45) is 0 Å². The van der Waals surface area contributed by atoms with E-state index in [9.17, 15) is 4.79 Å². The maximum absolute atomic E-state index is 10.5. The Balaban J connectivity index is 3.51. The van der Waals surface area contributed by atoms with Crippen LogP contribution in [0.5, 0.6) is 0 Å². The van der Waals surface area contributed by atoms with Crippen molar-refractivity contribution in [2.75, 3.05) is 32.8 Å². The second-order valence-corrected chi connectivity index (χ2v) is 3.95. The van der Waals surface area contributed by atoms with E-state index in [1.807, 2.05) is 6.92 Å². The van der Waals surface area contributed by atoms with E-state index in [2.05, 4.69) is 12.2 Å². The quantitative estimate of drug-likeness (QED) is 0.403. The van der Waals surface area contributed by atoms with E-state index in [4.69, 9.17) is 9.94 Å². The molecule has 0 saturated heterocycles. The molecule has 0 fully saturated rings. The molecule has 0 unspecified atom stereocenters. The molecule has 102 valence electrons. The largest absolute Gasteiger partial charge is 0.481 e. The topological polar surface area (TPSA) is 61.8 Å². The van der Waals surface area contributed by atoms with Gasteiger partial charge in [-0.2, -0.15) is 5.06 Å². The predicted molar refractivity (Wildman–Crippen MR) is 67.8 cm³/mol. The number of nitrogens with one attached hydrogen (secondary N) is 1. The lowest BCUT2D eigenvalue weighted by Gasteiger charge is -2.20. The van der Waals surface area contributed by atoms with Crippen LogP contribution < -0.4 is 5.32 Å². The van der Waals surface area contributed by atoms with Crippen LogP contribution in [0.15, 0.2) is 0 Å². The Hall–Kier alpha value is -0.650. The summed E-state index contributed by atoms with van der Waals surface area (Å²) in [5.41, 5.74) is 0. The third kappa shape index (κ3) is 11.6. The summed E-state index contributed by atoms with van der Waals surface area (Å²) in [5, 5.41) is 13.7. The van der Waals surface area contributed by atoms with Crippen LogP contribution in [-0.2, 0) is 9.63 Å². The highest BCUT2D eigenvalue weighted by molar-refractivity contribution is 5.66. The van der Waals surface area contributed by atoms with E-state index in [0.29, 0.717) is 13.2 Å². The molecular formula is C12H26N2O3. The highest BCUT2D eigenvalue weighted by Gasteiger charge is 2.06. The van der Waals surface area contributed by atoms with Crippen LogP contribution in [0.4, 0.5) is 0 Å². The average molecular weight is 246 g/mol. The molecular weight excluding hydrogens is 220 g/mol. The fraction of sp³-hybridized carbons (Fsp3) is 0.917. The monoisotopic (exact) mass is 246 g/mol. The first-order valence-electron chi connectivity index (χ1n) is 6.51. The number of aliphatic carboxylic acids is 1. The zero-order chi connectivity index (χ0) is 12.9. The second kappa shape index (κ2) is 11.8.